The maximum atomic E-state index is 5.35. The lowest BCUT2D eigenvalue weighted by molar-refractivity contribution is 0.336. The lowest BCUT2D eigenvalue weighted by Crippen LogP contribution is -2.27. The van der Waals surface area contributed by atoms with Crippen LogP contribution in [-0.4, -0.2) is 28.2 Å². The fraction of sp³-hybridized carbons (Fsp3) is 0.500. The first kappa shape index (κ1) is 13.7. The third-order valence-corrected chi connectivity index (χ3v) is 3.46. The summed E-state index contributed by atoms with van der Waals surface area (Å²) < 4.78 is 5.35. The van der Waals surface area contributed by atoms with Crippen molar-refractivity contribution in [1.82, 2.24) is 20.4 Å². The van der Waals surface area contributed by atoms with Crippen LogP contribution in [-0.2, 0) is 0 Å². The lowest BCUT2D eigenvalue weighted by Gasteiger charge is -2.14. The van der Waals surface area contributed by atoms with E-state index in [1.807, 2.05) is 27.1 Å². The molecule has 5 nitrogen and oxygen atoms in total. The van der Waals surface area contributed by atoms with Crippen LogP contribution in [0, 0.1) is 13.8 Å². The van der Waals surface area contributed by atoms with E-state index < -0.39 is 0 Å². The largest absolute Gasteiger partial charge is 0.339 e. The molecule has 5 heteroatoms. The van der Waals surface area contributed by atoms with Gasteiger partial charge in [-0.15, -0.1) is 0 Å². The molecule has 2 heterocycles. The molecule has 0 aliphatic carbocycles. The third-order valence-electron chi connectivity index (χ3n) is 3.46. The minimum absolute atomic E-state index is 0.164. The number of hydrogen-bond acceptors (Lipinski definition) is 5. The van der Waals surface area contributed by atoms with Crippen molar-refractivity contribution in [3.63, 3.8) is 0 Å². The molecule has 102 valence electrons. The Hall–Kier alpha value is -1.75. The Kier molecular flexibility index (Phi) is 3.95. The van der Waals surface area contributed by atoms with Crippen LogP contribution in [0.1, 0.15) is 36.8 Å². The number of nitrogens with one attached hydrogen (secondary N) is 1. The van der Waals surface area contributed by atoms with Crippen molar-refractivity contribution in [3.8, 4) is 11.5 Å². The zero-order valence-corrected chi connectivity index (χ0v) is 12.1. The van der Waals surface area contributed by atoms with E-state index in [1.165, 1.54) is 0 Å². The predicted molar refractivity (Wildman–Crippen MR) is 73.9 cm³/mol. The van der Waals surface area contributed by atoms with Crippen molar-refractivity contribution in [3.05, 3.63) is 29.3 Å². The molecule has 2 aromatic heterocycles. The smallest absolute Gasteiger partial charge is 0.231 e. The topological polar surface area (TPSA) is 63.8 Å². The Bertz CT molecular complexity index is 564. The molecule has 0 radical (unpaired) electrons. The highest BCUT2D eigenvalue weighted by molar-refractivity contribution is 5.54. The maximum Gasteiger partial charge on any atom is 0.231 e. The molecule has 0 fully saturated rings. The van der Waals surface area contributed by atoms with Gasteiger partial charge in [0.1, 0.15) is 5.69 Å². The molecule has 0 saturated carbocycles. The van der Waals surface area contributed by atoms with Gasteiger partial charge in [0.25, 0.3) is 0 Å². The van der Waals surface area contributed by atoms with Crippen molar-refractivity contribution in [2.24, 2.45) is 0 Å². The summed E-state index contributed by atoms with van der Waals surface area (Å²) in [5, 5.41) is 7.23. The number of aryl methyl sites for hydroxylation is 2. The molecule has 0 bridgehead atoms. The molecular weight excluding hydrogens is 240 g/mol. The standard InChI is InChI=1S/C14H20N4O/c1-8-6-9(2)12(16-7-8)13-17-14(19-18-13)10(3)11(4)15-5/h6-7,10-11,15H,1-5H3. The highest BCUT2D eigenvalue weighted by Gasteiger charge is 2.20. The Morgan fingerprint density at radius 3 is 2.63 bits per heavy atom. The van der Waals surface area contributed by atoms with E-state index in [-0.39, 0.29) is 12.0 Å². The van der Waals surface area contributed by atoms with Gasteiger partial charge in [0.15, 0.2) is 0 Å². The fourth-order valence-electron chi connectivity index (χ4n) is 1.93. The second kappa shape index (κ2) is 5.48. The summed E-state index contributed by atoms with van der Waals surface area (Å²) >= 11 is 0. The first-order chi connectivity index (χ1) is 9.02. The van der Waals surface area contributed by atoms with Crippen molar-refractivity contribution in [1.29, 1.82) is 0 Å². The zero-order valence-electron chi connectivity index (χ0n) is 12.1. The lowest BCUT2D eigenvalue weighted by atomic mass is 10.0. The molecule has 0 saturated heterocycles. The molecule has 2 aromatic rings. The number of likely N-dealkylation sites (N-methyl/N-ethyl adjacent to an activating group) is 1. The zero-order chi connectivity index (χ0) is 14.0. The van der Waals surface area contributed by atoms with Crippen LogP contribution in [0.3, 0.4) is 0 Å². The Balaban J connectivity index is 2.30. The molecule has 0 aliphatic heterocycles. The van der Waals surface area contributed by atoms with E-state index in [9.17, 15) is 0 Å². The Morgan fingerprint density at radius 2 is 2.00 bits per heavy atom. The summed E-state index contributed by atoms with van der Waals surface area (Å²) in [6.07, 6.45) is 1.82. The first-order valence-corrected chi connectivity index (χ1v) is 6.47. The molecule has 0 aromatic carbocycles. The summed E-state index contributed by atoms with van der Waals surface area (Å²) in [4.78, 5) is 8.84. The molecular formula is C14H20N4O. The molecule has 0 spiro atoms. The minimum Gasteiger partial charge on any atom is -0.339 e. The summed E-state index contributed by atoms with van der Waals surface area (Å²) in [6.45, 7) is 8.17. The van der Waals surface area contributed by atoms with Crippen LogP contribution >= 0.6 is 0 Å². The summed E-state index contributed by atoms with van der Waals surface area (Å²) in [5.41, 5.74) is 2.97. The van der Waals surface area contributed by atoms with Gasteiger partial charge in [-0.3, -0.25) is 4.98 Å². The molecule has 2 rings (SSSR count). The van der Waals surface area contributed by atoms with Gasteiger partial charge in [-0.05, 0) is 38.9 Å². The normalized spacial score (nSPS) is 14.4. The van der Waals surface area contributed by atoms with Gasteiger partial charge in [-0.2, -0.15) is 4.98 Å². The van der Waals surface area contributed by atoms with Crippen LogP contribution < -0.4 is 5.32 Å². The molecule has 2 atom stereocenters. The molecule has 0 aliphatic rings. The van der Waals surface area contributed by atoms with Crippen LogP contribution in [0.5, 0.6) is 0 Å². The van der Waals surface area contributed by atoms with Crippen molar-refractivity contribution in [2.45, 2.75) is 39.7 Å². The van der Waals surface area contributed by atoms with Crippen molar-refractivity contribution in [2.75, 3.05) is 7.05 Å². The number of aromatic nitrogens is 3. The minimum atomic E-state index is 0.164. The van der Waals surface area contributed by atoms with E-state index in [2.05, 4.69) is 40.4 Å². The van der Waals surface area contributed by atoms with Gasteiger partial charge < -0.3 is 9.84 Å². The van der Waals surface area contributed by atoms with Crippen molar-refractivity contribution >= 4 is 0 Å². The third kappa shape index (κ3) is 2.81. The quantitative estimate of drug-likeness (QED) is 0.914. The average Bonchev–Trinajstić information content (AvgIpc) is 2.86. The number of pyridine rings is 1. The fourth-order valence-corrected chi connectivity index (χ4v) is 1.93. The summed E-state index contributed by atoms with van der Waals surface area (Å²) in [7, 11) is 1.92. The summed E-state index contributed by atoms with van der Waals surface area (Å²) in [5.74, 6) is 1.36. The van der Waals surface area contributed by atoms with Crippen LogP contribution in [0.2, 0.25) is 0 Å². The number of nitrogens with zero attached hydrogens (tertiary/aromatic N) is 3. The van der Waals surface area contributed by atoms with Gasteiger partial charge in [-0.1, -0.05) is 18.1 Å². The van der Waals surface area contributed by atoms with E-state index >= 15 is 0 Å². The highest BCUT2D eigenvalue weighted by atomic mass is 16.5. The van der Waals surface area contributed by atoms with Crippen LogP contribution in [0.4, 0.5) is 0 Å². The van der Waals surface area contributed by atoms with E-state index in [0.717, 1.165) is 16.8 Å². The average molecular weight is 260 g/mol. The molecule has 1 N–H and O–H groups in total. The number of hydrogen-bond donors (Lipinski definition) is 1. The monoisotopic (exact) mass is 260 g/mol. The number of rotatable bonds is 4. The maximum absolute atomic E-state index is 5.35. The van der Waals surface area contributed by atoms with E-state index in [1.54, 1.807) is 0 Å². The van der Waals surface area contributed by atoms with Gasteiger partial charge in [-0.25, -0.2) is 0 Å². The van der Waals surface area contributed by atoms with E-state index in [4.69, 9.17) is 4.52 Å². The van der Waals surface area contributed by atoms with Crippen molar-refractivity contribution < 1.29 is 4.52 Å². The van der Waals surface area contributed by atoms with Gasteiger partial charge >= 0.3 is 0 Å². The first-order valence-electron chi connectivity index (χ1n) is 6.47. The SMILES string of the molecule is CNC(C)C(C)c1nc(-c2ncc(C)cc2C)no1. The molecule has 19 heavy (non-hydrogen) atoms. The molecule has 2 unspecified atom stereocenters. The Morgan fingerprint density at radius 1 is 1.26 bits per heavy atom. The predicted octanol–water partition coefficient (Wildman–Crippen LogP) is 2.46. The molecule has 0 amide bonds. The summed E-state index contributed by atoms with van der Waals surface area (Å²) in [6, 6.07) is 2.35. The second-order valence-corrected chi connectivity index (χ2v) is 5.00. The van der Waals surface area contributed by atoms with Crippen LogP contribution in [0.25, 0.3) is 11.5 Å². The van der Waals surface area contributed by atoms with Gasteiger partial charge in [0, 0.05) is 12.2 Å². The van der Waals surface area contributed by atoms with Gasteiger partial charge in [0.05, 0.1) is 5.92 Å². The Labute approximate surface area is 113 Å². The van der Waals surface area contributed by atoms with Crippen LogP contribution in [0.15, 0.2) is 16.8 Å². The van der Waals surface area contributed by atoms with E-state index in [0.29, 0.717) is 11.7 Å². The van der Waals surface area contributed by atoms with Gasteiger partial charge in [0.2, 0.25) is 11.7 Å². The second-order valence-electron chi connectivity index (χ2n) is 5.00. The highest BCUT2D eigenvalue weighted by Crippen LogP contribution is 2.22.